The number of ether oxygens (including phenoxy) is 5. The van der Waals surface area contributed by atoms with Gasteiger partial charge >= 0.3 is 30.0 Å². The number of hydrogen-bond donors (Lipinski definition) is 10. The molecular formula is C53H67Cl5N12O15. The Kier molecular flexibility index (Phi) is 26.0. The van der Waals surface area contributed by atoms with E-state index < -0.39 is 46.3 Å². The van der Waals surface area contributed by atoms with Gasteiger partial charge in [0.15, 0.2) is 0 Å². The summed E-state index contributed by atoms with van der Waals surface area (Å²) < 4.78 is 24.9. The van der Waals surface area contributed by atoms with Gasteiger partial charge in [0.2, 0.25) is 0 Å². The topological polar surface area (TPSA) is 407 Å². The highest BCUT2D eigenvalue weighted by Gasteiger charge is 2.51. The van der Waals surface area contributed by atoms with Crippen molar-refractivity contribution in [3.63, 3.8) is 0 Å². The van der Waals surface area contributed by atoms with E-state index in [-0.39, 0.29) is 101 Å². The summed E-state index contributed by atoms with van der Waals surface area (Å²) in [4.78, 5) is 76.0. The van der Waals surface area contributed by atoms with Gasteiger partial charge in [-0.2, -0.15) is 0 Å². The van der Waals surface area contributed by atoms with Crippen molar-refractivity contribution < 1.29 is 73.2 Å². The van der Waals surface area contributed by atoms with Crippen molar-refractivity contribution in [2.45, 2.75) is 126 Å². The molecule has 0 radical (unpaired) electrons. The summed E-state index contributed by atoms with van der Waals surface area (Å²) in [6.07, 6.45) is 9.11. The number of alkyl carbamates (subject to hydrolysis) is 1. The normalized spacial score (nSPS) is 24.4. The fourth-order valence-corrected chi connectivity index (χ4v) is 10.2. The number of aromatic nitrogens is 4. The first-order valence-corrected chi connectivity index (χ1v) is 28.5. The molecule has 9 rings (SSSR count). The van der Waals surface area contributed by atoms with Crippen LogP contribution in [0.2, 0.25) is 25.6 Å². The minimum absolute atomic E-state index is 0.0289. The van der Waals surface area contributed by atoms with Crippen molar-refractivity contribution in [3.05, 3.63) is 107 Å². The molecule has 1 saturated heterocycles. The molecule has 4 saturated carbocycles. The van der Waals surface area contributed by atoms with Crippen LogP contribution in [0, 0.1) is 0 Å². The fourth-order valence-electron chi connectivity index (χ4n) is 9.24. The van der Waals surface area contributed by atoms with Crippen LogP contribution in [0.4, 0.5) is 21.9 Å². The molecule has 464 valence electrons. The predicted octanol–water partition coefficient (Wildman–Crippen LogP) is 7.10. The number of carbonyl (C=O) groups excluding carboxylic acids is 5. The molecule has 0 unspecified atom stereocenters. The SMILES string of the molecule is CCOC(=O)c1cnc(Cl)cc1Cl.CCOC(=O)c1cnc(Cl)cc1NC1CC(O)(CN=[N+]=[N-])C1.CCOC(=O)c1cnc(Cl)cc1NC1CC(O)(CO)C1.CCOC(=O)c1cnc(Cl)cc1NC1CC2(CNC(=O)O2)C1.NC1CC(O)(CO)C1. The summed E-state index contributed by atoms with van der Waals surface area (Å²) in [5.41, 5.74) is 13.1. The minimum Gasteiger partial charge on any atom is -0.462 e. The smallest absolute Gasteiger partial charge is 0.407 e. The number of anilines is 3. The van der Waals surface area contributed by atoms with Crippen LogP contribution in [0.3, 0.4) is 0 Å². The molecule has 32 heteroatoms. The number of halogens is 5. The first-order chi connectivity index (χ1) is 40.3. The van der Waals surface area contributed by atoms with Crippen molar-refractivity contribution in [2.75, 3.05) is 68.7 Å². The van der Waals surface area contributed by atoms with Crippen LogP contribution < -0.4 is 27.0 Å². The van der Waals surface area contributed by atoms with Crippen LogP contribution >= 0.6 is 58.0 Å². The first kappa shape index (κ1) is 69.4. The lowest BCUT2D eigenvalue weighted by atomic mass is 9.75. The van der Waals surface area contributed by atoms with E-state index >= 15 is 0 Å². The van der Waals surface area contributed by atoms with Gasteiger partial charge in [-0.05, 0) is 96.0 Å². The van der Waals surface area contributed by atoms with Gasteiger partial charge in [0.1, 0.15) is 42.9 Å². The van der Waals surface area contributed by atoms with Gasteiger partial charge in [0.25, 0.3) is 0 Å². The highest BCUT2D eigenvalue weighted by Crippen LogP contribution is 2.41. The van der Waals surface area contributed by atoms with E-state index in [9.17, 15) is 34.2 Å². The van der Waals surface area contributed by atoms with Gasteiger partial charge < -0.3 is 76.2 Å². The van der Waals surface area contributed by atoms with Gasteiger partial charge in [-0.25, -0.2) is 43.9 Å². The van der Waals surface area contributed by atoms with E-state index in [0.29, 0.717) is 97.9 Å². The number of carbonyl (C=O) groups is 5. The number of rotatable bonds is 18. The van der Waals surface area contributed by atoms with E-state index in [2.05, 4.69) is 51.2 Å². The number of nitrogens with zero attached hydrogens (tertiary/aromatic N) is 7. The summed E-state index contributed by atoms with van der Waals surface area (Å²) in [5, 5.41) is 63.2. The zero-order valence-corrected chi connectivity index (χ0v) is 50.4. The van der Waals surface area contributed by atoms with Crippen LogP contribution in [0.5, 0.6) is 0 Å². The molecule has 27 nitrogen and oxygen atoms in total. The molecule has 0 bridgehead atoms. The standard InChI is InChI=1S/C14H16ClN3O4.C13H16ClN5O3.C13H17ClN2O4.C8H7Cl2NO2.C5H11NO2/c1-2-21-12(19)9-6-16-11(15)3-10(9)18-8-4-14(5-8)7-17-13(20)22-14;1-2-22-12(20)9-6-16-11(14)3-10(9)18-8-4-13(21,5-8)7-17-19-15;1-2-20-12(18)9-6-15-11(14)3-10(9)16-8-4-13(19,5-8)7-17;1-2-13-8(12)5-4-11-7(10)3-6(5)9;6-4-1-5(8,2-4)3-7/h3,6,8H,2,4-5,7H2,1H3,(H,16,18)(H,17,20);3,6,8,21H,2,4-5,7H2,1H3,(H,16,18);3,6,8,17,19H,2,4-5,7H2,1H3,(H,15,16);3-4H,2H2,1H3;4,7-8H,1-3,6H2. The molecule has 5 heterocycles. The third-order valence-electron chi connectivity index (χ3n) is 13.4. The number of esters is 4. The second-order valence-electron chi connectivity index (χ2n) is 20.2. The van der Waals surface area contributed by atoms with Gasteiger partial charge in [-0.1, -0.05) is 63.1 Å². The molecule has 0 aromatic carbocycles. The number of azide groups is 1. The fraction of sp³-hybridized carbons (Fsp3) is 0.528. The monoisotopic (exact) mass is 1290 g/mol. The average Bonchev–Trinajstić information content (AvgIpc) is 3.11. The van der Waals surface area contributed by atoms with Crippen LogP contribution in [-0.2, 0) is 23.7 Å². The van der Waals surface area contributed by atoms with Crippen LogP contribution in [0.15, 0.2) is 54.2 Å². The number of nitrogens with one attached hydrogen (secondary N) is 4. The first-order valence-electron chi connectivity index (χ1n) is 26.6. The molecule has 4 aromatic heterocycles. The lowest BCUT2D eigenvalue weighted by Gasteiger charge is -2.43. The van der Waals surface area contributed by atoms with Crippen molar-refractivity contribution in [3.8, 4) is 0 Å². The maximum absolute atomic E-state index is 11.9. The largest absolute Gasteiger partial charge is 0.462 e. The van der Waals surface area contributed by atoms with E-state index in [0.717, 1.165) is 0 Å². The minimum atomic E-state index is -1.03. The van der Waals surface area contributed by atoms with Gasteiger partial charge in [0, 0.05) is 66.7 Å². The molecule has 1 spiro atoms. The Balaban J connectivity index is 0.000000201. The molecule has 1 aliphatic heterocycles. The number of hydrogen-bond acceptors (Lipinski definition) is 24. The number of amides is 1. The number of aliphatic hydroxyl groups is 5. The number of nitrogens with two attached hydrogens (primary N) is 1. The van der Waals surface area contributed by atoms with E-state index in [4.69, 9.17) is 108 Å². The van der Waals surface area contributed by atoms with Gasteiger partial charge in [0.05, 0.1) is 97.2 Å². The summed E-state index contributed by atoms with van der Waals surface area (Å²) >= 11 is 28.9. The van der Waals surface area contributed by atoms with Crippen molar-refractivity contribution in [1.29, 1.82) is 0 Å². The Morgan fingerprint density at radius 2 is 0.953 bits per heavy atom. The second-order valence-corrected chi connectivity index (χ2v) is 22.2. The molecule has 5 fully saturated rings. The average molecular weight is 1290 g/mol. The van der Waals surface area contributed by atoms with Crippen LogP contribution in [-0.4, -0.2) is 175 Å². The molecule has 1 amide bonds. The van der Waals surface area contributed by atoms with Crippen molar-refractivity contribution >= 4 is 105 Å². The third-order valence-corrected chi connectivity index (χ3v) is 14.5. The summed E-state index contributed by atoms with van der Waals surface area (Å²) in [5.74, 6) is -1.90. The molecule has 11 N–H and O–H groups in total. The summed E-state index contributed by atoms with van der Waals surface area (Å²) in [7, 11) is 0. The molecular weight excluding hydrogens is 1220 g/mol. The lowest BCUT2D eigenvalue weighted by molar-refractivity contribution is -0.0843. The Bertz CT molecular complexity index is 3020. The quantitative estimate of drug-likeness (QED) is 0.0119. The Morgan fingerprint density at radius 3 is 1.27 bits per heavy atom. The Morgan fingerprint density at radius 1 is 0.612 bits per heavy atom. The van der Waals surface area contributed by atoms with Crippen molar-refractivity contribution in [1.82, 2.24) is 25.3 Å². The number of aliphatic hydroxyl groups excluding tert-OH is 2. The van der Waals surface area contributed by atoms with Crippen LogP contribution in [0.1, 0.15) is 120 Å². The number of pyridine rings is 4. The van der Waals surface area contributed by atoms with E-state index in [1.165, 1.54) is 30.9 Å². The van der Waals surface area contributed by atoms with Crippen LogP contribution in [0.25, 0.3) is 10.4 Å². The molecule has 85 heavy (non-hydrogen) atoms. The van der Waals surface area contributed by atoms with E-state index in [1.807, 2.05) is 0 Å². The highest BCUT2D eigenvalue weighted by molar-refractivity contribution is 6.36. The predicted molar refractivity (Wildman–Crippen MR) is 313 cm³/mol. The maximum Gasteiger partial charge on any atom is 0.407 e. The molecule has 4 aliphatic carbocycles. The summed E-state index contributed by atoms with van der Waals surface area (Å²) in [6, 6.07) is 6.20. The van der Waals surface area contributed by atoms with E-state index in [1.54, 1.807) is 45.9 Å². The Hall–Kier alpha value is -6.33. The maximum atomic E-state index is 11.9. The molecule has 5 aliphatic rings. The lowest BCUT2D eigenvalue weighted by Crippen LogP contribution is -2.53. The zero-order chi connectivity index (χ0) is 62.7. The summed E-state index contributed by atoms with van der Waals surface area (Å²) in [6.45, 7) is 8.15. The zero-order valence-electron chi connectivity index (χ0n) is 46.7. The highest BCUT2D eigenvalue weighted by atomic mass is 35.5. The second kappa shape index (κ2) is 31.9. The molecule has 0 atom stereocenters. The van der Waals surface area contributed by atoms with Crippen molar-refractivity contribution in [2.24, 2.45) is 10.8 Å². The Labute approximate surface area is 513 Å². The molecule has 4 aromatic rings. The van der Waals surface area contributed by atoms with Gasteiger partial charge in [-0.15, -0.1) is 0 Å². The van der Waals surface area contributed by atoms with Gasteiger partial charge in [-0.3, -0.25) is 0 Å². The third kappa shape index (κ3) is 20.4.